The van der Waals surface area contributed by atoms with E-state index in [1.54, 1.807) is 17.0 Å². The van der Waals surface area contributed by atoms with Gasteiger partial charge in [-0.3, -0.25) is 4.79 Å². The highest BCUT2D eigenvalue weighted by Gasteiger charge is 2.32. The van der Waals surface area contributed by atoms with E-state index < -0.39 is 0 Å². The number of nitriles is 1. The van der Waals surface area contributed by atoms with Crippen molar-refractivity contribution in [3.8, 4) is 6.07 Å². The van der Waals surface area contributed by atoms with Gasteiger partial charge in [0.05, 0.1) is 12.5 Å². The van der Waals surface area contributed by atoms with E-state index in [4.69, 9.17) is 11.1 Å². The van der Waals surface area contributed by atoms with Gasteiger partial charge in [0.25, 0.3) is 5.91 Å². The van der Waals surface area contributed by atoms with Crippen molar-refractivity contribution in [3.05, 3.63) is 23.4 Å². The van der Waals surface area contributed by atoms with Crippen LogP contribution in [-0.4, -0.2) is 28.4 Å². The number of aryl methyl sites for hydroxylation is 1. The normalized spacial score (nSPS) is 13.7. The third-order valence-corrected chi connectivity index (χ3v) is 3.35. The maximum atomic E-state index is 12.6. The quantitative estimate of drug-likeness (QED) is 0.604. The molecule has 2 rings (SSSR count). The van der Waals surface area contributed by atoms with E-state index >= 15 is 0 Å². The molecule has 0 bridgehead atoms. The number of nitrogens with two attached hydrogens (primary N) is 1. The van der Waals surface area contributed by atoms with Crippen molar-refractivity contribution < 1.29 is 4.79 Å². The minimum absolute atomic E-state index is 0.0450. The van der Waals surface area contributed by atoms with Crippen molar-refractivity contribution in [2.75, 3.05) is 12.0 Å². The van der Waals surface area contributed by atoms with Gasteiger partial charge in [0.2, 0.25) is 0 Å². The first-order chi connectivity index (χ1) is 9.69. The van der Waals surface area contributed by atoms with Gasteiger partial charge in [-0.1, -0.05) is 6.92 Å². The van der Waals surface area contributed by atoms with Crippen LogP contribution in [0.2, 0.25) is 0 Å². The van der Waals surface area contributed by atoms with Crippen LogP contribution < -0.4 is 11.3 Å². The minimum Gasteiger partial charge on any atom is -0.335 e. The molecule has 0 spiro atoms. The second kappa shape index (κ2) is 6.35. The molecule has 1 aromatic heterocycles. The lowest BCUT2D eigenvalue weighted by molar-refractivity contribution is 0.0746. The molecule has 1 heterocycles. The number of amides is 1. The Morgan fingerprint density at radius 3 is 2.90 bits per heavy atom. The predicted molar refractivity (Wildman–Crippen MR) is 75.7 cm³/mol. The summed E-state index contributed by atoms with van der Waals surface area (Å²) < 4.78 is 0. The number of nitrogen functional groups attached to an aromatic ring is 1. The standard InChI is InChI=1S/C14H19N5O/c1-2-11-8-10(9-13(17-11)18-16)14(20)19(7-3-6-15)12-4-5-12/h8-9,12H,2-5,7,16H2,1H3,(H,17,18). The van der Waals surface area contributed by atoms with Crippen molar-refractivity contribution in [2.24, 2.45) is 5.84 Å². The molecule has 1 aliphatic carbocycles. The Morgan fingerprint density at radius 1 is 1.60 bits per heavy atom. The third-order valence-electron chi connectivity index (χ3n) is 3.35. The van der Waals surface area contributed by atoms with Crippen molar-refractivity contribution in [3.63, 3.8) is 0 Å². The molecular formula is C14H19N5O. The third kappa shape index (κ3) is 3.25. The predicted octanol–water partition coefficient (Wildman–Crippen LogP) is 1.45. The number of aromatic nitrogens is 1. The van der Waals surface area contributed by atoms with Gasteiger partial charge in [-0.05, 0) is 31.4 Å². The zero-order chi connectivity index (χ0) is 14.5. The van der Waals surface area contributed by atoms with E-state index in [1.807, 2.05) is 6.92 Å². The van der Waals surface area contributed by atoms with Gasteiger partial charge >= 0.3 is 0 Å². The van der Waals surface area contributed by atoms with Gasteiger partial charge in [0.1, 0.15) is 5.82 Å². The van der Waals surface area contributed by atoms with Crippen LogP contribution >= 0.6 is 0 Å². The lowest BCUT2D eigenvalue weighted by Crippen LogP contribution is -2.34. The van der Waals surface area contributed by atoms with Gasteiger partial charge in [0, 0.05) is 23.8 Å². The first kappa shape index (κ1) is 14.3. The summed E-state index contributed by atoms with van der Waals surface area (Å²) >= 11 is 0. The molecule has 6 nitrogen and oxygen atoms in total. The smallest absolute Gasteiger partial charge is 0.254 e. The maximum absolute atomic E-state index is 12.6. The Morgan fingerprint density at radius 2 is 2.35 bits per heavy atom. The van der Waals surface area contributed by atoms with Crippen molar-refractivity contribution >= 4 is 11.7 Å². The number of hydrogen-bond acceptors (Lipinski definition) is 5. The molecule has 0 saturated heterocycles. The molecule has 1 aromatic rings. The van der Waals surface area contributed by atoms with Crippen LogP contribution in [0.25, 0.3) is 0 Å². The summed E-state index contributed by atoms with van der Waals surface area (Å²) in [5, 5.41) is 8.71. The fourth-order valence-corrected chi connectivity index (χ4v) is 2.14. The van der Waals surface area contributed by atoms with Crippen molar-refractivity contribution in [2.45, 2.75) is 38.6 Å². The maximum Gasteiger partial charge on any atom is 0.254 e. The molecule has 20 heavy (non-hydrogen) atoms. The van der Waals surface area contributed by atoms with Crippen LogP contribution in [0.5, 0.6) is 0 Å². The summed E-state index contributed by atoms with van der Waals surface area (Å²) in [6.07, 6.45) is 3.13. The Labute approximate surface area is 118 Å². The van der Waals surface area contributed by atoms with Crippen LogP contribution in [-0.2, 0) is 6.42 Å². The summed E-state index contributed by atoms with van der Waals surface area (Å²) in [6.45, 7) is 2.46. The average molecular weight is 273 g/mol. The number of carbonyl (C=O) groups is 1. The number of nitrogens with zero attached hydrogens (tertiary/aromatic N) is 3. The highest BCUT2D eigenvalue weighted by molar-refractivity contribution is 5.95. The fraction of sp³-hybridized carbons (Fsp3) is 0.500. The lowest BCUT2D eigenvalue weighted by atomic mass is 10.1. The second-order valence-corrected chi connectivity index (χ2v) is 4.87. The fourth-order valence-electron chi connectivity index (χ4n) is 2.14. The molecular weight excluding hydrogens is 254 g/mol. The first-order valence-electron chi connectivity index (χ1n) is 6.85. The molecule has 0 aromatic carbocycles. The number of hydrazine groups is 1. The molecule has 6 heteroatoms. The minimum atomic E-state index is -0.0450. The monoisotopic (exact) mass is 273 g/mol. The Balaban J connectivity index is 2.23. The number of hydrogen-bond donors (Lipinski definition) is 2. The molecule has 0 atom stereocenters. The Hall–Kier alpha value is -2.13. The van der Waals surface area contributed by atoms with E-state index in [2.05, 4.69) is 16.5 Å². The molecule has 0 aliphatic heterocycles. The van der Waals surface area contributed by atoms with Crippen LogP contribution in [0.4, 0.5) is 5.82 Å². The van der Waals surface area contributed by atoms with Gasteiger partial charge in [-0.25, -0.2) is 10.8 Å². The number of rotatable bonds is 6. The van der Waals surface area contributed by atoms with Crippen molar-refractivity contribution in [1.82, 2.24) is 9.88 Å². The molecule has 1 aliphatic rings. The molecule has 1 saturated carbocycles. The van der Waals surface area contributed by atoms with Gasteiger partial charge < -0.3 is 10.3 Å². The van der Waals surface area contributed by atoms with E-state index in [9.17, 15) is 4.79 Å². The van der Waals surface area contributed by atoms with Gasteiger partial charge in [-0.15, -0.1) is 0 Å². The number of nitrogens with one attached hydrogen (secondary N) is 1. The second-order valence-electron chi connectivity index (χ2n) is 4.87. The first-order valence-corrected chi connectivity index (χ1v) is 6.85. The Bertz CT molecular complexity index is 511. The molecule has 106 valence electrons. The van der Waals surface area contributed by atoms with Gasteiger partial charge in [-0.2, -0.15) is 5.26 Å². The van der Waals surface area contributed by atoms with Crippen molar-refractivity contribution in [1.29, 1.82) is 5.26 Å². The molecule has 1 fully saturated rings. The number of anilines is 1. The lowest BCUT2D eigenvalue weighted by Gasteiger charge is -2.21. The van der Waals surface area contributed by atoms with E-state index in [0.29, 0.717) is 24.3 Å². The molecule has 1 amide bonds. The van der Waals surface area contributed by atoms with E-state index in [0.717, 1.165) is 25.0 Å². The zero-order valence-electron chi connectivity index (χ0n) is 11.6. The Kier molecular flexibility index (Phi) is 4.53. The van der Waals surface area contributed by atoms with Gasteiger partial charge in [0.15, 0.2) is 0 Å². The highest BCUT2D eigenvalue weighted by Crippen LogP contribution is 2.28. The highest BCUT2D eigenvalue weighted by atomic mass is 16.2. The van der Waals surface area contributed by atoms with Crippen LogP contribution in [0, 0.1) is 11.3 Å². The summed E-state index contributed by atoms with van der Waals surface area (Å²) in [7, 11) is 0. The SMILES string of the molecule is CCc1cc(C(=O)N(CCC#N)C2CC2)cc(NN)n1. The van der Waals surface area contributed by atoms with E-state index in [1.165, 1.54) is 0 Å². The summed E-state index contributed by atoms with van der Waals surface area (Å²) in [5.74, 6) is 5.83. The summed E-state index contributed by atoms with van der Waals surface area (Å²) in [4.78, 5) is 18.7. The molecule has 0 radical (unpaired) electrons. The largest absolute Gasteiger partial charge is 0.335 e. The molecule has 3 N–H and O–H groups in total. The van der Waals surface area contributed by atoms with E-state index in [-0.39, 0.29) is 11.9 Å². The topological polar surface area (TPSA) is 95.0 Å². The summed E-state index contributed by atoms with van der Waals surface area (Å²) in [6, 6.07) is 5.83. The van der Waals surface area contributed by atoms with Crippen LogP contribution in [0.1, 0.15) is 42.2 Å². The zero-order valence-corrected chi connectivity index (χ0v) is 11.6. The summed E-state index contributed by atoms with van der Waals surface area (Å²) in [5.41, 5.74) is 3.89. The number of pyridine rings is 1. The molecule has 0 unspecified atom stereocenters. The average Bonchev–Trinajstić information content (AvgIpc) is 3.31. The van der Waals surface area contributed by atoms with Crippen LogP contribution in [0.3, 0.4) is 0 Å². The number of carbonyl (C=O) groups excluding carboxylic acids is 1. The van der Waals surface area contributed by atoms with Crippen LogP contribution in [0.15, 0.2) is 12.1 Å².